The third-order valence-electron chi connectivity index (χ3n) is 3.49. The summed E-state index contributed by atoms with van der Waals surface area (Å²) >= 11 is 0. The largest absolute Gasteiger partial charge is 0.481 e. The first kappa shape index (κ1) is 15.0. The molecule has 1 aromatic heterocycles. The molecule has 5 heteroatoms. The SMILES string of the molecule is CC(C)C(CNC(=O)c1cccc2ncccc12)C(=O)O. The number of carbonyl (C=O) groups is 2. The average molecular weight is 286 g/mol. The normalized spacial score (nSPS) is 12.3. The number of amides is 1. The van der Waals surface area contributed by atoms with Gasteiger partial charge in [-0.15, -0.1) is 0 Å². The zero-order valence-corrected chi connectivity index (χ0v) is 12.0. The van der Waals surface area contributed by atoms with Gasteiger partial charge in [-0.1, -0.05) is 26.0 Å². The van der Waals surface area contributed by atoms with Crippen LogP contribution in [0.1, 0.15) is 24.2 Å². The van der Waals surface area contributed by atoms with E-state index in [2.05, 4.69) is 10.3 Å². The number of benzene rings is 1. The van der Waals surface area contributed by atoms with E-state index in [9.17, 15) is 9.59 Å². The van der Waals surface area contributed by atoms with Crippen molar-refractivity contribution in [1.29, 1.82) is 0 Å². The Bertz CT molecular complexity index is 662. The van der Waals surface area contributed by atoms with Crippen molar-refractivity contribution in [3.8, 4) is 0 Å². The number of pyridine rings is 1. The van der Waals surface area contributed by atoms with Gasteiger partial charge in [0.15, 0.2) is 0 Å². The number of nitrogens with one attached hydrogen (secondary N) is 1. The smallest absolute Gasteiger partial charge is 0.308 e. The molecule has 0 saturated carbocycles. The van der Waals surface area contributed by atoms with Crippen LogP contribution in [0.15, 0.2) is 36.5 Å². The summed E-state index contributed by atoms with van der Waals surface area (Å²) in [4.78, 5) is 27.6. The molecule has 21 heavy (non-hydrogen) atoms. The monoisotopic (exact) mass is 286 g/mol. The van der Waals surface area contributed by atoms with Crippen molar-refractivity contribution in [2.24, 2.45) is 11.8 Å². The maximum absolute atomic E-state index is 12.3. The first-order valence-electron chi connectivity index (χ1n) is 6.85. The predicted molar refractivity (Wildman–Crippen MR) is 80.0 cm³/mol. The molecule has 0 aliphatic rings. The van der Waals surface area contributed by atoms with Crippen molar-refractivity contribution in [3.05, 3.63) is 42.1 Å². The van der Waals surface area contributed by atoms with Crippen LogP contribution in [0.5, 0.6) is 0 Å². The minimum Gasteiger partial charge on any atom is -0.481 e. The van der Waals surface area contributed by atoms with Gasteiger partial charge in [0.1, 0.15) is 0 Å². The number of rotatable bonds is 5. The van der Waals surface area contributed by atoms with Gasteiger partial charge < -0.3 is 10.4 Å². The zero-order chi connectivity index (χ0) is 15.4. The second kappa shape index (κ2) is 6.35. The van der Waals surface area contributed by atoms with Crippen molar-refractivity contribution >= 4 is 22.8 Å². The van der Waals surface area contributed by atoms with Crippen LogP contribution in [-0.2, 0) is 4.79 Å². The van der Waals surface area contributed by atoms with Gasteiger partial charge in [-0.3, -0.25) is 14.6 Å². The summed E-state index contributed by atoms with van der Waals surface area (Å²) in [5, 5.41) is 12.6. The fraction of sp³-hybridized carbons (Fsp3) is 0.312. The summed E-state index contributed by atoms with van der Waals surface area (Å²) in [6.07, 6.45) is 1.67. The van der Waals surface area contributed by atoms with E-state index < -0.39 is 11.9 Å². The summed E-state index contributed by atoms with van der Waals surface area (Å²) in [5.41, 5.74) is 1.25. The van der Waals surface area contributed by atoms with Crippen LogP contribution in [0, 0.1) is 11.8 Å². The predicted octanol–water partition coefficient (Wildman–Crippen LogP) is 2.32. The van der Waals surface area contributed by atoms with Crippen molar-refractivity contribution < 1.29 is 14.7 Å². The number of aliphatic carboxylic acids is 1. The second-order valence-electron chi connectivity index (χ2n) is 5.27. The molecule has 1 aromatic carbocycles. The van der Waals surface area contributed by atoms with Crippen LogP contribution in [0.3, 0.4) is 0 Å². The van der Waals surface area contributed by atoms with E-state index in [1.807, 2.05) is 26.0 Å². The number of aromatic nitrogens is 1. The molecule has 0 saturated heterocycles. The lowest BCUT2D eigenvalue weighted by molar-refractivity contribution is -0.142. The second-order valence-corrected chi connectivity index (χ2v) is 5.27. The Balaban J connectivity index is 2.18. The highest BCUT2D eigenvalue weighted by atomic mass is 16.4. The number of hydrogen-bond donors (Lipinski definition) is 2. The molecular weight excluding hydrogens is 268 g/mol. The van der Waals surface area contributed by atoms with E-state index in [1.54, 1.807) is 24.4 Å². The van der Waals surface area contributed by atoms with E-state index in [0.717, 1.165) is 10.9 Å². The molecule has 2 N–H and O–H groups in total. The quantitative estimate of drug-likeness (QED) is 0.884. The number of carboxylic acid groups (broad SMARTS) is 1. The standard InChI is InChI=1S/C16H18N2O3/c1-10(2)13(16(20)21)9-18-15(19)12-5-3-7-14-11(12)6-4-8-17-14/h3-8,10,13H,9H2,1-2H3,(H,18,19)(H,20,21). The molecule has 1 heterocycles. The summed E-state index contributed by atoms with van der Waals surface area (Å²) in [5.74, 6) is -1.82. The Hall–Kier alpha value is -2.43. The maximum Gasteiger partial charge on any atom is 0.308 e. The Morgan fingerprint density at radius 3 is 2.67 bits per heavy atom. The first-order chi connectivity index (χ1) is 10.0. The van der Waals surface area contributed by atoms with Gasteiger partial charge >= 0.3 is 5.97 Å². The third kappa shape index (κ3) is 3.37. The van der Waals surface area contributed by atoms with Gasteiger partial charge in [0.25, 0.3) is 5.91 Å². The Kier molecular flexibility index (Phi) is 4.52. The molecule has 0 bridgehead atoms. The van der Waals surface area contributed by atoms with Crippen LogP contribution in [0.25, 0.3) is 10.9 Å². The highest BCUT2D eigenvalue weighted by Gasteiger charge is 2.22. The molecular formula is C16H18N2O3. The topological polar surface area (TPSA) is 79.3 Å². The lowest BCUT2D eigenvalue weighted by Crippen LogP contribution is -2.35. The maximum atomic E-state index is 12.3. The van der Waals surface area contributed by atoms with Gasteiger partial charge in [0, 0.05) is 23.7 Å². The van der Waals surface area contributed by atoms with Gasteiger partial charge in [-0.25, -0.2) is 0 Å². The van der Waals surface area contributed by atoms with Crippen LogP contribution in [-0.4, -0.2) is 28.5 Å². The van der Waals surface area contributed by atoms with Crippen LogP contribution >= 0.6 is 0 Å². The van der Waals surface area contributed by atoms with Crippen molar-refractivity contribution in [2.75, 3.05) is 6.54 Å². The Morgan fingerprint density at radius 2 is 2.00 bits per heavy atom. The van der Waals surface area contributed by atoms with Gasteiger partial charge in [-0.2, -0.15) is 0 Å². The molecule has 1 unspecified atom stereocenters. The van der Waals surface area contributed by atoms with E-state index in [4.69, 9.17) is 5.11 Å². The number of nitrogens with zero attached hydrogens (tertiary/aromatic N) is 1. The Labute approximate surface area is 123 Å². The average Bonchev–Trinajstić information content (AvgIpc) is 2.46. The lowest BCUT2D eigenvalue weighted by Gasteiger charge is -2.17. The van der Waals surface area contributed by atoms with Gasteiger partial charge in [0.05, 0.1) is 11.4 Å². The summed E-state index contributed by atoms with van der Waals surface area (Å²) in [7, 11) is 0. The molecule has 0 aliphatic heterocycles. The number of hydrogen-bond acceptors (Lipinski definition) is 3. The first-order valence-corrected chi connectivity index (χ1v) is 6.85. The van der Waals surface area contributed by atoms with Gasteiger partial charge in [-0.05, 0) is 24.1 Å². The Morgan fingerprint density at radius 1 is 1.24 bits per heavy atom. The lowest BCUT2D eigenvalue weighted by atomic mass is 9.96. The van der Waals surface area contributed by atoms with Crippen molar-refractivity contribution in [3.63, 3.8) is 0 Å². The molecule has 1 atom stereocenters. The van der Waals surface area contributed by atoms with E-state index >= 15 is 0 Å². The minimum absolute atomic E-state index is 0.0445. The molecule has 1 amide bonds. The highest BCUT2D eigenvalue weighted by molar-refractivity contribution is 6.06. The van der Waals surface area contributed by atoms with E-state index in [0.29, 0.717) is 5.56 Å². The van der Waals surface area contributed by atoms with Crippen LogP contribution in [0.4, 0.5) is 0 Å². The number of carbonyl (C=O) groups excluding carboxylic acids is 1. The molecule has 0 spiro atoms. The highest BCUT2D eigenvalue weighted by Crippen LogP contribution is 2.17. The summed E-state index contributed by atoms with van der Waals surface area (Å²) < 4.78 is 0. The molecule has 0 radical (unpaired) electrons. The zero-order valence-electron chi connectivity index (χ0n) is 12.0. The summed E-state index contributed by atoms with van der Waals surface area (Å²) in [6.45, 7) is 3.77. The fourth-order valence-electron chi connectivity index (χ4n) is 2.21. The van der Waals surface area contributed by atoms with Gasteiger partial charge in [0.2, 0.25) is 0 Å². The summed E-state index contributed by atoms with van der Waals surface area (Å²) in [6, 6.07) is 8.91. The van der Waals surface area contributed by atoms with Crippen molar-refractivity contribution in [2.45, 2.75) is 13.8 Å². The van der Waals surface area contributed by atoms with E-state index in [-0.39, 0.29) is 18.4 Å². The third-order valence-corrected chi connectivity index (χ3v) is 3.49. The minimum atomic E-state index is -0.898. The van der Waals surface area contributed by atoms with E-state index in [1.165, 1.54) is 0 Å². The van der Waals surface area contributed by atoms with Crippen LogP contribution < -0.4 is 5.32 Å². The molecule has 0 fully saturated rings. The molecule has 110 valence electrons. The molecule has 2 aromatic rings. The van der Waals surface area contributed by atoms with Crippen LogP contribution in [0.2, 0.25) is 0 Å². The number of fused-ring (bicyclic) bond motifs is 1. The molecule has 0 aliphatic carbocycles. The number of carboxylic acids is 1. The fourth-order valence-corrected chi connectivity index (χ4v) is 2.21. The molecule has 5 nitrogen and oxygen atoms in total. The molecule has 2 rings (SSSR count). The van der Waals surface area contributed by atoms with Crippen molar-refractivity contribution in [1.82, 2.24) is 10.3 Å².